The first kappa shape index (κ1) is 26.5. The number of carbonyl (C=O) groups excluding carboxylic acids is 2. The van der Waals surface area contributed by atoms with Gasteiger partial charge in [-0.05, 0) is 78.8 Å². The van der Waals surface area contributed by atoms with E-state index in [0.717, 1.165) is 24.8 Å². The predicted molar refractivity (Wildman–Crippen MR) is 158 cm³/mol. The van der Waals surface area contributed by atoms with Crippen LogP contribution < -0.4 is 4.90 Å². The lowest BCUT2D eigenvalue weighted by atomic mass is 9.90. The van der Waals surface area contributed by atoms with Gasteiger partial charge in [-0.15, -0.1) is 0 Å². The number of piperidine rings is 1. The van der Waals surface area contributed by atoms with Crippen LogP contribution in [-0.2, 0) is 23.8 Å². The molecule has 6 rings (SSSR count). The van der Waals surface area contributed by atoms with Crippen molar-refractivity contribution in [3.63, 3.8) is 0 Å². The van der Waals surface area contributed by atoms with E-state index >= 15 is 0 Å². The highest BCUT2D eigenvalue weighted by molar-refractivity contribution is 7.85. The van der Waals surface area contributed by atoms with Crippen LogP contribution in [0.1, 0.15) is 44.7 Å². The summed E-state index contributed by atoms with van der Waals surface area (Å²) in [5.74, 6) is 0.239. The summed E-state index contributed by atoms with van der Waals surface area (Å²) in [6.07, 6.45) is 2.92. The first-order valence-corrected chi connectivity index (χ1v) is 15.0. The Morgan fingerprint density at radius 2 is 1.52 bits per heavy atom. The number of hydrogen-bond donors (Lipinski definition) is 0. The molecule has 0 N–H and O–H groups in total. The van der Waals surface area contributed by atoms with Gasteiger partial charge in [0.15, 0.2) is 0 Å². The Balaban J connectivity index is 1.28. The molecule has 0 aliphatic carbocycles. The summed E-state index contributed by atoms with van der Waals surface area (Å²) >= 11 is 6.09. The van der Waals surface area contributed by atoms with Gasteiger partial charge in [0, 0.05) is 23.7 Å². The molecular formula is C33H29ClN2O3S. The lowest BCUT2D eigenvalue weighted by molar-refractivity contribution is 0.0690. The van der Waals surface area contributed by atoms with Gasteiger partial charge in [0.05, 0.1) is 38.4 Å². The third-order valence-electron chi connectivity index (χ3n) is 7.78. The zero-order valence-electron chi connectivity index (χ0n) is 22.0. The van der Waals surface area contributed by atoms with E-state index in [-0.39, 0.29) is 18.4 Å². The number of carbonyl (C=O) groups is 2. The molecule has 1 fully saturated rings. The Bertz CT molecular complexity index is 1580. The van der Waals surface area contributed by atoms with Crippen LogP contribution >= 0.6 is 11.6 Å². The summed E-state index contributed by atoms with van der Waals surface area (Å²) in [7, 11) is -1.57. The van der Waals surface area contributed by atoms with E-state index in [1.807, 2.05) is 23.1 Å². The van der Waals surface area contributed by atoms with Crippen LogP contribution in [0.5, 0.6) is 0 Å². The smallest absolute Gasteiger partial charge is 0.259 e. The number of rotatable bonds is 5. The normalized spacial score (nSPS) is 17.2. The number of benzene rings is 4. The monoisotopic (exact) mass is 568 g/mol. The highest BCUT2D eigenvalue weighted by Crippen LogP contribution is 2.36. The number of halogens is 1. The van der Waals surface area contributed by atoms with Gasteiger partial charge in [0.1, 0.15) is 0 Å². The highest BCUT2D eigenvalue weighted by Gasteiger charge is 2.32. The molecule has 4 aromatic carbocycles. The van der Waals surface area contributed by atoms with Crippen molar-refractivity contribution < 1.29 is 13.8 Å². The number of amides is 2. The Hall–Kier alpha value is -3.74. The topological polar surface area (TPSA) is 57.7 Å². The molecule has 1 saturated heterocycles. The van der Waals surface area contributed by atoms with E-state index in [9.17, 15) is 13.8 Å². The molecule has 2 amide bonds. The first-order chi connectivity index (χ1) is 19.5. The fourth-order valence-corrected chi connectivity index (χ4v) is 7.07. The summed E-state index contributed by atoms with van der Waals surface area (Å²) in [5.41, 5.74) is 3.61. The molecule has 202 valence electrons. The Kier molecular flexibility index (Phi) is 7.55. The van der Waals surface area contributed by atoms with E-state index < -0.39 is 10.8 Å². The Labute approximate surface area is 241 Å². The summed E-state index contributed by atoms with van der Waals surface area (Å²) in [6, 6.07) is 30.0. The molecular weight excluding hydrogens is 540 g/mol. The van der Waals surface area contributed by atoms with Gasteiger partial charge in [-0.2, -0.15) is 0 Å². The average molecular weight is 569 g/mol. The van der Waals surface area contributed by atoms with Gasteiger partial charge in [-0.1, -0.05) is 66.2 Å². The molecule has 5 nitrogen and oxygen atoms in total. The number of likely N-dealkylation sites (tertiary alicyclic amines) is 1. The van der Waals surface area contributed by atoms with Crippen molar-refractivity contribution in [2.45, 2.75) is 35.6 Å². The van der Waals surface area contributed by atoms with Gasteiger partial charge in [-0.25, -0.2) is 4.21 Å². The first-order valence-electron chi connectivity index (χ1n) is 13.5. The quantitative estimate of drug-likeness (QED) is 0.267. The summed E-state index contributed by atoms with van der Waals surface area (Å²) in [5, 5.41) is 0.609. The van der Waals surface area contributed by atoms with Crippen LogP contribution in [-0.4, -0.2) is 34.0 Å². The van der Waals surface area contributed by atoms with Gasteiger partial charge in [-0.3, -0.25) is 9.59 Å². The molecule has 0 spiro atoms. The maximum Gasteiger partial charge on any atom is 0.259 e. The van der Waals surface area contributed by atoms with Crippen LogP contribution in [0.15, 0.2) is 107 Å². The van der Waals surface area contributed by atoms with E-state index in [1.54, 1.807) is 59.5 Å². The van der Waals surface area contributed by atoms with Crippen molar-refractivity contribution in [1.29, 1.82) is 0 Å². The maximum absolute atomic E-state index is 13.9. The number of nitrogens with zero attached hydrogens (tertiary/aromatic N) is 2. The third kappa shape index (κ3) is 5.34. The Morgan fingerprint density at radius 3 is 2.27 bits per heavy atom. The largest absolute Gasteiger partial charge is 0.339 e. The molecule has 1 atom stereocenters. The highest BCUT2D eigenvalue weighted by atomic mass is 35.5. The van der Waals surface area contributed by atoms with Crippen LogP contribution in [0.2, 0.25) is 5.02 Å². The number of anilines is 1. The Morgan fingerprint density at radius 1 is 0.825 bits per heavy atom. The number of hydrogen-bond acceptors (Lipinski definition) is 3. The lowest BCUT2D eigenvalue weighted by Crippen LogP contribution is -2.39. The second-order valence-corrected chi connectivity index (χ2v) is 12.2. The fraction of sp³-hybridized carbons (Fsp3) is 0.212. The van der Waals surface area contributed by atoms with Gasteiger partial charge >= 0.3 is 0 Å². The van der Waals surface area contributed by atoms with E-state index in [0.29, 0.717) is 50.6 Å². The molecule has 40 heavy (non-hydrogen) atoms. The van der Waals surface area contributed by atoms with Gasteiger partial charge in [0.25, 0.3) is 11.8 Å². The van der Waals surface area contributed by atoms with Crippen molar-refractivity contribution in [3.05, 3.63) is 124 Å². The van der Waals surface area contributed by atoms with Gasteiger partial charge < -0.3 is 9.80 Å². The van der Waals surface area contributed by atoms with Crippen LogP contribution in [0, 0.1) is 5.92 Å². The zero-order chi connectivity index (χ0) is 27.6. The van der Waals surface area contributed by atoms with Crippen molar-refractivity contribution in [2.75, 3.05) is 18.0 Å². The number of fused-ring (bicyclic) bond motifs is 2. The second kappa shape index (κ2) is 11.4. The van der Waals surface area contributed by atoms with Crippen LogP contribution in [0.25, 0.3) is 0 Å². The molecule has 0 saturated carbocycles. The van der Waals surface area contributed by atoms with Crippen LogP contribution in [0.4, 0.5) is 5.69 Å². The molecule has 7 heteroatoms. The van der Waals surface area contributed by atoms with Crippen molar-refractivity contribution >= 4 is 39.9 Å². The van der Waals surface area contributed by atoms with E-state index in [2.05, 4.69) is 24.3 Å². The molecule has 0 radical (unpaired) electrons. The summed E-state index contributed by atoms with van der Waals surface area (Å²) in [6.45, 7) is 1.65. The average Bonchev–Trinajstić information content (AvgIpc) is 3.08. The molecule has 2 aliphatic rings. The fourth-order valence-electron chi connectivity index (χ4n) is 5.60. The predicted octanol–water partition coefficient (Wildman–Crippen LogP) is 6.76. The van der Waals surface area contributed by atoms with E-state index in [4.69, 9.17) is 11.6 Å². The van der Waals surface area contributed by atoms with Crippen molar-refractivity contribution in [3.8, 4) is 0 Å². The third-order valence-corrected chi connectivity index (χ3v) is 9.53. The molecule has 2 heterocycles. The minimum atomic E-state index is -1.57. The van der Waals surface area contributed by atoms with Crippen molar-refractivity contribution in [2.24, 2.45) is 5.92 Å². The minimum absolute atomic E-state index is 0.0626. The maximum atomic E-state index is 13.9. The molecule has 0 unspecified atom stereocenters. The summed E-state index contributed by atoms with van der Waals surface area (Å²) < 4.78 is 13.7. The second-order valence-electron chi connectivity index (χ2n) is 10.4. The van der Waals surface area contributed by atoms with Crippen molar-refractivity contribution in [1.82, 2.24) is 4.90 Å². The summed E-state index contributed by atoms with van der Waals surface area (Å²) in [4.78, 5) is 32.0. The zero-order valence-corrected chi connectivity index (χ0v) is 23.5. The molecule has 4 aromatic rings. The molecule has 2 aliphatic heterocycles. The van der Waals surface area contributed by atoms with Gasteiger partial charge in [0.2, 0.25) is 0 Å². The molecule has 0 aromatic heterocycles. The lowest BCUT2D eigenvalue weighted by Gasteiger charge is -2.32. The van der Waals surface area contributed by atoms with Crippen LogP contribution in [0.3, 0.4) is 0 Å². The SMILES string of the molecule is O=C(c1ccc2c(c1)N(Cc1ccc(Cl)cc1)C(=O)c1ccccc1[S@]2=O)N1CCC(Cc2ccccc2)CC1. The standard InChI is InChI=1S/C33H29ClN2O3S/c34-27-13-10-25(11-14-27)22-36-29-21-26(12-15-31(29)40(39)30-9-5-4-8-28(30)33(36)38)32(37)35-18-16-24(17-19-35)20-23-6-2-1-3-7-23/h1-15,21,24H,16-20,22H2/t40-/m1/s1. The minimum Gasteiger partial charge on any atom is -0.339 e. The van der Waals surface area contributed by atoms with E-state index in [1.165, 1.54) is 5.56 Å². The molecule has 0 bridgehead atoms.